The molecule has 0 bridgehead atoms. The molecule has 0 N–H and O–H groups in total. The van der Waals surface area contributed by atoms with E-state index in [-0.39, 0.29) is 0 Å². The maximum Gasteiger partial charge on any atom is 0.220 e. The summed E-state index contributed by atoms with van der Waals surface area (Å²) in [4.78, 5) is 10.6. The molecule has 0 amide bonds. The van der Waals surface area contributed by atoms with Gasteiger partial charge in [0.2, 0.25) is 11.6 Å². The lowest BCUT2D eigenvalue weighted by molar-refractivity contribution is 0.667. The fourth-order valence-electron chi connectivity index (χ4n) is 10.8. The van der Waals surface area contributed by atoms with Gasteiger partial charge in [-0.1, -0.05) is 164 Å². The van der Waals surface area contributed by atoms with Crippen molar-refractivity contribution in [1.82, 2.24) is 27.9 Å². The summed E-state index contributed by atoms with van der Waals surface area (Å²) in [5.41, 5.74) is 21.0. The molecule has 10 aromatic carbocycles. The Kier molecular flexibility index (Phi) is 7.94. The van der Waals surface area contributed by atoms with E-state index in [0.717, 1.165) is 122 Å². The van der Waals surface area contributed by atoms with Crippen LogP contribution in [0.2, 0.25) is 0 Å². The lowest BCUT2D eigenvalue weighted by atomic mass is 10.00. The molecule has 5 aromatic heterocycles. The van der Waals surface area contributed by atoms with Gasteiger partial charge in [0.25, 0.3) is 0 Å². The molecular weight excluding hydrogens is 845 g/mol. The number of imidazole rings is 4. The topological polar surface area (TPSA) is 57.6 Å². The van der Waals surface area contributed by atoms with E-state index in [4.69, 9.17) is 14.4 Å². The summed E-state index contributed by atoms with van der Waals surface area (Å²) in [6.45, 7) is 0. The molecule has 7 heteroatoms. The summed E-state index contributed by atoms with van der Waals surface area (Å²) in [5, 5.41) is 2.15. The van der Waals surface area contributed by atoms with Crippen molar-refractivity contribution in [1.29, 1.82) is 0 Å². The monoisotopic (exact) mass is 882 g/mol. The Morgan fingerprint density at radius 3 is 1.45 bits per heavy atom. The number of nitrogens with zero attached hydrogens (tertiary/aromatic N) is 6. The molecular formula is C62H38N6O. The Balaban J connectivity index is 0.904. The minimum absolute atomic E-state index is 0.824. The Labute approximate surface area is 394 Å². The van der Waals surface area contributed by atoms with E-state index in [9.17, 15) is 0 Å². The van der Waals surface area contributed by atoms with E-state index in [2.05, 4.69) is 242 Å². The zero-order chi connectivity index (χ0) is 45.2. The normalized spacial score (nSPS) is 12.1. The molecule has 0 fully saturated rings. The van der Waals surface area contributed by atoms with Crippen LogP contribution < -0.4 is 0 Å². The summed E-state index contributed by atoms with van der Waals surface area (Å²) in [6.07, 6.45) is 0. The van der Waals surface area contributed by atoms with Crippen LogP contribution in [0.1, 0.15) is 0 Å². The molecule has 0 atom stereocenters. The van der Waals surface area contributed by atoms with Gasteiger partial charge in [-0.05, 0) is 106 Å². The first-order valence-corrected chi connectivity index (χ1v) is 23.3. The minimum Gasteiger partial charge on any atom is -0.453 e. The third-order valence-electron chi connectivity index (χ3n) is 14.0. The molecule has 5 heterocycles. The predicted molar refractivity (Wildman–Crippen MR) is 282 cm³/mol. The van der Waals surface area contributed by atoms with Gasteiger partial charge >= 0.3 is 0 Å². The van der Waals surface area contributed by atoms with Crippen LogP contribution >= 0.6 is 0 Å². The van der Waals surface area contributed by atoms with Gasteiger partial charge < -0.3 is 4.42 Å². The van der Waals surface area contributed by atoms with E-state index >= 15 is 0 Å². The van der Waals surface area contributed by atoms with Crippen molar-refractivity contribution >= 4 is 77.6 Å². The number of para-hydroxylation sites is 6. The van der Waals surface area contributed by atoms with E-state index in [1.807, 2.05) is 6.07 Å². The van der Waals surface area contributed by atoms with Gasteiger partial charge in [-0.25, -0.2) is 9.97 Å². The minimum atomic E-state index is 0.824. The highest BCUT2D eigenvalue weighted by Crippen LogP contribution is 2.41. The number of hydrogen-bond acceptors (Lipinski definition) is 3. The highest BCUT2D eigenvalue weighted by molar-refractivity contribution is 6.12. The molecule has 0 unspecified atom stereocenters. The molecule has 0 aliphatic carbocycles. The lowest BCUT2D eigenvalue weighted by Gasteiger charge is -2.10. The summed E-state index contributed by atoms with van der Waals surface area (Å²) in [7, 11) is 0. The van der Waals surface area contributed by atoms with Crippen molar-refractivity contribution in [3.8, 4) is 55.9 Å². The Morgan fingerprint density at radius 2 is 0.783 bits per heavy atom. The second-order valence-electron chi connectivity index (χ2n) is 17.8. The van der Waals surface area contributed by atoms with Gasteiger partial charge in [-0.2, -0.15) is 0 Å². The van der Waals surface area contributed by atoms with E-state index in [0.29, 0.717) is 0 Å². The summed E-state index contributed by atoms with van der Waals surface area (Å²) < 4.78 is 16.1. The third-order valence-corrected chi connectivity index (χ3v) is 14.0. The summed E-state index contributed by atoms with van der Waals surface area (Å²) in [5.74, 6) is 1.70. The lowest BCUT2D eigenvalue weighted by Crippen LogP contribution is -1.96. The first-order chi connectivity index (χ1) is 34.2. The SMILES string of the molecule is c1ccc(-c2ccc(-c3cccc(-n4c5ccc(-c6ccc7c(c6)n6c8ccccc8nc6n7-c6cccc7c6oc6c(-c8ccccc8)cccc67)cc5n5c6ccccc6nc45)c3)cc2)cc1. The Bertz CT molecular complexity index is 4530. The van der Waals surface area contributed by atoms with Gasteiger partial charge in [0.15, 0.2) is 5.58 Å². The predicted octanol–water partition coefficient (Wildman–Crippen LogP) is 15.7. The molecule has 0 radical (unpaired) electrons. The maximum absolute atomic E-state index is 6.97. The van der Waals surface area contributed by atoms with Gasteiger partial charge in [-0.3, -0.25) is 17.9 Å². The molecule has 7 nitrogen and oxygen atoms in total. The zero-order valence-corrected chi connectivity index (χ0v) is 37.0. The van der Waals surface area contributed by atoms with Crippen molar-refractivity contribution in [2.24, 2.45) is 0 Å². The largest absolute Gasteiger partial charge is 0.453 e. The highest BCUT2D eigenvalue weighted by atomic mass is 16.3. The molecule has 0 aliphatic heterocycles. The fraction of sp³-hybridized carbons (Fsp3) is 0. The van der Waals surface area contributed by atoms with Crippen LogP contribution in [0.25, 0.3) is 134 Å². The van der Waals surface area contributed by atoms with E-state index in [1.165, 1.54) is 11.1 Å². The number of benzene rings is 10. The smallest absolute Gasteiger partial charge is 0.220 e. The van der Waals surface area contributed by atoms with E-state index < -0.39 is 0 Å². The van der Waals surface area contributed by atoms with Crippen LogP contribution in [0.4, 0.5) is 0 Å². The Hall–Kier alpha value is -9.46. The van der Waals surface area contributed by atoms with Crippen molar-refractivity contribution in [3.05, 3.63) is 231 Å². The quantitative estimate of drug-likeness (QED) is 0.167. The average molecular weight is 883 g/mol. The molecule has 0 saturated heterocycles. The molecule has 0 saturated carbocycles. The molecule has 15 rings (SSSR count). The fourth-order valence-corrected chi connectivity index (χ4v) is 10.8. The van der Waals surface area contributed by atoms with E-state index in [1.54, 1.807) is 0 Å². The van der Waals surface area contributed by atoms with Gasteiger partial charge in [-0.15, -0.1) is 0 Å². The molecule has 0 aliphatic rings. The second-order valence-corrected chi connectivity index (χ2v) is 17.8. The standard InChI is InChI=1S/C62H38N6O/c1-3-14-39(15-4-1)40-28-30-41(31-29-40)43-18-11-19-46(36-43)65-54-34-32-44(37-57(54)66-52-25-9-7-23-50(52)63-61(65)66)45-33-35-55-58(38-45)67-53-26-10-8-24-51(53)64-62(67)68(55)56-27-13-22-49-48-21-12-20-47(59(48)69-60(49)56)42-16-5-2-6-17-42/h1-38H. The first kappa shape index (κ1) is 37.7. The number of hydrogen-bond donors (Lipinski definition) is 0. The van der Waals surface area contributed by atoms with Crippen LogP contribution in [-0.2, 0) is 0 Å². The summed E-state index contributed by atoms with van der Waals surface area (Å²) >= 11 is 0. The van der Waals surface area contributed by atoms with Crippen LogP contribution in [-0.4, -0.2) is 27.9 Å². The zero-order valence-electron chi connectivity index (χ0n) is 37.0. The van der Waals surface area contributed by atoms with Crippen molar-refractivity contribution < 1.29 is 4.42 Å². The van der Waals surface area contributed by atoms with Crippen LogP contribution in [0, 0.1) is 0 Å². The first-order valence-electron chi connectivity index (χ1n) is 23.3. The third kappa shape index (κ3) is 5.62. The number of fused-ring (bicyclic) bond motifs is 13. The molecule has 322 valence electrons. The Morgan fingerprint density at radius 1 is 0.304 bits per heavy atom. The number of aromatic nitrogens is 6. The number of rotatable bonds is 6. The van der Waals surface area contributed by atoms with Crippen LogP contribution in [0.5, 0.6) is 0 Å². The second kappa shape index (κ2) is 14.5. The van der Waals surface area contributed by atoms with Gasteiger partial charge in [0.05, 0.1) is 49.8 Å². The average Bonchev–Trinajstić information content (AvgIpc) is 4.23. The van der Waals surface area contributed by atoms with Gasteiger partial charge in [0, 0.05) is 22.0 Å². The van der Waals surface area contributed by atoms with Gasteiger partial charge in [0.1, 0.15) is 5.58 Å². The highest BCUT2D eigenvalue weighted by Gasteiger charge is 2.23. The van der Waals surface area contributed by atoms with Crippen LogP contribution in [0.15, 0.2) is 235 Å². The van der Waals surface area contributed by atoms with Crippen molar-refractivity contribution in [2.45, 2.75) is 0 Å². The maximum atomic E-state index is 6.97. The van der Waals surface area contributed by atoms with Crippen molar-refractivity contribution in [2.75, 3.05) is 0 Å². The molecule has 15 aromatic rings. The molecule has 69 heavy (non-hydrogen) atoms. The van der Waals surface area contributed by atoms with Crippen LogP contribution in [0.3, 0.4) is 0 Å². The number of furan rings is 1. The summed E-state index contributed by atoms with van der Waals surface area (Å²) in [6, 6.07) is 81.9. The molecule has 0 spiro atoms. The van der Waals surface area contributed by atoms with Crippen molar-refractivity contribution in [3.63, 3.8) is 0 Å².